The van der Waals surface area contributed by atoms with Crippen LogP contribution in [0.4, 0.5) is 0 Å². The zero-order valence-corrected chi connectivity index (χ0v) is 25.1. The zero-order chi connectivity index (χ0) is 31.3. The Hall–Kier alpha value is -2.94. The number of hydrogen-bond donors (Lipinski definition) is 2. The standard InChI is InChI=1S/C17H22O6.C14H18O6/c1-10-5-7-11(8-6-10)15(18)20-9-12-13-14(16(19-4)21-12)23-17(2,3)22-13;1-8-3-5-9(6-4-8)13(17)19-7-10-11(15)12(16)14(18-2)20-10/h5-8,12-14,16H,9H2,1-4H3;3-6,10-12,14-16H,7H2,1-2H3/t12-,13-,14-,16-;10-,11-,12-,14?/m11/s1. The molecule has 0 aromatic heterocycles. The van der Waals surface area contributed by atoms with Crippen LogP contribution in [0.3, 0.4) is 0 Å². The fourth-order valence-corrected chi connectivity index (χ4v) is 4.87. The maximum atomic E-state index is 12.1. The molecule has 43 heavy (non-hydrogen) atoms. The molecule has 0 amide bonds. The molecule has 2 aromatic rings. The Bertz CT molecular complexity index is 1210. The highest BCUT2D eigenvalue weighted by Gasteiger charge is 2.55. The van der Waals surface area contributed by atoms with E-state index in [2.05, 4.69) is 0 Å². The van der Waals surface area contributed by atoms with Gasteiger partial charge < -0.3 is 48.1 Å². The van der Waals surface area contributed by atoms with Crippen molar-refractivity contribution in [2.75, 3.05) is 27.4 Å². The van der Waals surface area contributed by atoms with Crippen LogP contribution in [0.2, 0.25) is 0 Å². The Labute approximate surface area is 250 Å². The van der Waals surface area contributed by atoms with Crippen LogP contribution in [0.15, 0.2) is 48.5 Å². The highest BCUT2D eigenvalue weighted by atomic mass is 16.8. The predicted molar refractivity (Wildman–Crippen MR) is 150 cm³/mol. The van der Waals surface area contributed by atoms with Gasteiger partial charge in [0.1, 0.15) is 49.8 Å². The number of benzene rings is 2. The van der Waals surface area contributed by atoms with Crippen molar-refractivity contribution in [3.63, 3.8) is 0 Å². The van der Waals surface area contributed by atoms with Crippen LogP contribution < -0.4 is 0 Å². The van der Waals surface area contributed by atoms with Gasteiger partial charge in [-0.2, -0.15) is 0 Å². The molecule has 236 valence electrons. The van der Waals surface area contributed by atoms with E-state index in [9.17, 15) is 19.8 Å². The van der Waals surface area contributed by atoms with E-state index >= 15 is 0 Å². The van der Waals surface area contributed by atoms with E-state index < -0.39 is 48.8 Å². The highest BCUT2D eigenvalue weighted by molar-refractivity contribution is 5.89. The molecule has 0 radical (unpaired) electrons. The Kier molecular flexibility index (Phi) is 10.9. The van der Waals surface area contributed by atoms with Crippen molar-refractivity contribution in [3.8, 4) is 0 Å². The Morgan fingerprint density at radius 2 is 1.14 bits per heavy atom. The fourth-order valence-electron chi connectivity index (χ4n) is 4.87. The molecule has 12 heteroatoms. The van der Waals surface area contributed by atoms with Crippen LogP contribution in [0, 0.1) is 13.8 Å². The van der Waals surface area contributed by atoms with E-state index in [1.54, 1.807) is 31.4 Å². The molecule has 0 bridgehead atoms. The average molecular weight is 605 g/mol. The van der Waals surface area contributed by atoms with Gasteiger partial charge in [-0.05, 0) is 52.0 Å². The number of carbonyl (C=O) groups is 2. The minimum atomic E-state index is -1.15. The van der Waals surface area contributed by atoms with E-state index in [0.29, 0.717) is 11.1 Å². The zero-order valence-electron chi connectivity index (χ0n) is 25.1. The van der Waals surface area contributed by atoms with Gasteiger partial charge in [-0.25, -0.2) is 9.59 Å². The van der Waals surface area contributed by atoms with Crippen LogP contribution in [0.25, 0.3) is 0 Å². The van der Waals surface area contributed by atoms with Crippen molar-refractivity contribution >= 4 is 11.9 Å². The van der Waals surface area contributed by atoms with Crippen LogP contribution in [0.5, 0.6) is 0 Å². The highest BCUT2D eigenvalue weighted by Crippen LogP contribution is 2.39. The molecule has 3 aliphatic rings. The molecule has 12 nitrogen and oxygen atoms in total. The fraction of sp³-hybridized carbons (Fsp3) is 0.548. The molecule has 8 atom stereocenters. The summed E-state index contributed by atoms with van der Waals surface area (Å²) in [5, 5.41) is 19.3. The largest absolute Gasteiger partial charge is 0.459 e. The smallest absolute Gasteiger partial charge is 0.338 e. The van der Waals surface area contributed by atoms with Gasteiger partial charge in [0.2, 0.25) is 0 Å². The van der Waals surface area contributed by atoms with Crippen LogP contribution in [-0.4, -0.2) is 105 Å². The molecular formula is C31H40O12. The average Bonchev–Trinajstić information content (AvgIpc) is 3.58. The molecular weight excluding hydrogens is 564 g/mol. The third-order valence-electron chi connectivity index (χ3n) is 7.22. The summed E-state index contributed by atoms with van der Waals surface area (Å²) in [6.45, 7) is 7.51. The Balaban J connectivity index is 0.000000199. The third kappa shape index (κ3) is 8.16. The van der Waals surface area contributed by atoms with Gasteiger partial charge in [0.05, 0.1) is 11.1 Å². The van der Waals surface area contributed by atoms with Crippen molar-refractivity contribution in [2.24, 2.45) is 0 Å². The van der Waals surface area contributed by atoms with Crippen molar-refractivity contribution in [3.05, 3.63) is 70.8 Å². The number of ether oxygens (including phenoxy) is 8. The maximum Gasteiger partial charge on any atom is 0.338 e. The van der Waals surface area contributed by atoms with Crippen LogP contribution in [-0.2, 0) is 37.9 Å². The first-order valence-electron chi connectivity index (χ1n) is 14.0. The molecule has 2 aromatic carbocycles. The minimum Gasteiger partial charge on any atom is -0.459 e. The monoisotopic (exact) mass is 604 g/mol. The van der Waals surface area contributed by atoms with Gasteiger partial charge in [-0.1, -0.05) is 35.4 Å². The van der Waals surface area contributed by atoms with E-state index in [0.717, 1.165) is 11.1 Å². The number of rotatable bonds is 8. The van der Waals surface area contributed by atoms with Gasteiger partial charge >= 0.3 is 11.9 Å². The number of hydrogen-bond acceptors (Lipinski definition) is 12. The second-order valence-electron chi connectivity index (χ2n) is 11.0. The summed E-state index contributed by atoms with van der Waals surface area (Å²) in [4.78, 5) is 23.9. The molecule has 3 saturated heterocycles. The number of esters is 2. The number of fused-ring (bicyclic) bond motifs is 1. The lowest BCUT2D eigenvalue weighted by atomic mass is 10.1. The molecule has 1 unspecified atom stereocenters. The number of aliphatic hydroxyl groups excluding tert-OH is 2. The molecule has 3 fully saturated rings. The first-order valence-corrected chi connectivity index (χ1v) is 14.0. The SMILES string of the molecule is COC1O[C@H](COC(=O)c2ccc(C)cc2)[C@@H](O)[C@H]1O.CO[C@@H]1O[C@H](COC(=O)c2ccc(C)cc2)[C@H]2OC(C)(C)O[C@@H]12. The summed E-state index contributed by atoms with van der Waals surface area (Å²) >= 11 is 0. The molecule has 0 saturated carbocycles. The normalized spacial score (nSPS) is 30.7. The number of aliphatic hydroxyl groups is 2. The number of methoxy groups -OCH3 is 2. The van der Waals surface area contributed by atoms with Crippen LogP contribution in [0.1, 0.15) is 45.7 Å². The van der Waals surface area contributed by atoms with Gasteiger partial charge in [0, 0.05) is 14.2 Å². The van der Waals surface area contributed by atoms with E-state index in [1.165, 1.54) is 7.11 Å². The molecule has 5 rings (SSSR count). The summed E-state index contributed by atoms with van der Waals surface area (Å²) < 4.78 is 43.2. The summed E-state index contributed by atoms with van der Waals surface area (Å²) in [6.07, 6.45) is -5.59. The van der Waals surface area contributed by atoms with E-state index in [4.69, 9.17) is 37.9 Å². The molecule has 0 spiro atoms. The number of carbonyl (C=O) groups excluding carboxylic acids is 2. The lowest BCUT2D eigenvalue weighted by Gasteiger charge is -2.23. The summed E-state index contributed by atoms with van der Waals surface area (Å²) in [6, 6.07) is 14.2. The number of aryl methyl sites for hydroxylation is 2. The molecule has 3 heterocycles. The molecule has 0 aliphatic carbocycles. The molecule has 2 N–H and O–H groups in total. The minimum absolute atomic E-state index is 0.0905. The van der Waals surface area contributed by atoms with Gasteiger partial charge in [-0.3, -0.25) is 0 Å². The summed E-state index contributed by atoms with van der Waals surface area (Å²) in [5.41, 5.74) is 3.07. The van der Waals surface area contributed by atoms with Gasteiger partial charge in [0.25, 0.3) is 0 Å². The maximum absolute atomic E-state index is 12.1. The van der Waals surface area contributed by atoms with Crippen molar-refractivity contribution < 1.29 is 57.7 Å². The van der Waals surface area contributed by atoms with E-state index in [1.807, 2.05) is 52.0 Å². The summed E-state index contributed by atoms with van der Waals surface area (Å²) in [7, 11) is 2.92. The quantitative estimate of drug-likeness (QED) is 0.426. The van der Waals surface area contributed by atoms with Gasteiger partial charge in [-0.15, -0.1) is 0 Å². The first kappa shape index (κ1) is 33.0. The van der Waals surface area contributed by atoms with Crippen molar-refractivity contribution in [1.82, 2.24) is 0 Å². The van der Waals surface area contributed by atoms with Crippen molar-refractivity contribution in [2.45, 2.75) is 82.7 Å². The van der Waals surface area contributed by atoms with E-state index in [-0.39, 0.29) is 31.4 Å². The first-order chi connectivity index (χ1) is 20.4. The Morgan fingerprint density at radius 1 is 0.698 bits per heavy atom. The second kappa shape index (κ2) is 14.2. The topological polar surface area (TPSA) is 148 Å². The predicted octanol–water partition coefficient (Wildman–Crippen LogP) is 2.29. The van der Waals surface area contributed by atoms with Gasteiger partial charge in [0.15, 0.2) is 18.4 Å². The third-order valence-corrected chi connectivity index (χ3v) is 7.22. The van der Waals surface area contributed by atoms with Crippen molar-refractivity contribution in [1.29, 1.82) is 0 Å². The summed E-state index contributed by atoms with van der Waals surface area (Å²) in [5.74, 6) is -1.59. The molecule has 3 aliphatic heterocycles. The lowest BCUT2D eigenvalue weighted by Crippen LogP contribution is -2.35. The second-order valence-corrected chi connectivity index (χ2v) is 11.0. The lowest BCUT2D eigenvalue weighted by molar-refractivity contribution is -0.230. The van der Waals surface area contributed by atoms with Crippen LogP contribution >= 0.6 is 0 Å². The Morgan fingerprint density at radius 3 is 1.60 bits per heavy atom.